The number of nitrogen functional groups attached to an aromatic ring is 1. The summed E-state index contributed by atoms with van der Waals surface area (Å²) in [5, 5.41) is 0. The van der Waals surface area contributed by atoms with Gasteiger partial charge in [0.1, 0.15) is 18.1 Å². The normalized spacial score (nSPS) is 10.6. The largest absolute Gasteiger partial charge is 0.456 e. The summed E-state index contributed by atoms with van der Waals surface area (Å²) in [4.78, 5) is 12.1. The van der Waals surface area contributed by atoms with E-state index in [1.807, 2.05) is 13.8 Å². The Bertz CT molecular complexity index is 650. The molecular formula is C16H19FN2O2. The fraction of sp³-hybridized carbons (Fsp3) is 0.312. The highest BCUT2D eigenvalue weighted by atomic mass is 19.1. The Balaban J connectivity index is 2.10. The third-order valence-corrected chi connectivity index (χ3v) is 3.26. The van der Waals surface area contributed by atoms with E-state index in [4.69, 9.17) is 10.5 Å². The molecule has 0 fully saturated rings. The number of benzene rings is 1. The van der Waals surface area contributed by atoms with Crippen molar-refractivity contribution in [3.05, 3.63) is 53.1 Å². The van der Waals surface area contributed by atoms with Gasteiger partial charge < -0.3 is 15.0 Å². The van der Waals surface area contributed by atoms with Gasteiger partial charge in [-0.1, -0.05) is 13.0 Å². The summed E-state index contributed by atoms with van der Waals surface area (Å²) >= 11 is 0. The summed E-state index contributed by atoms with van der Waals surface area (Å²) in [5.74, 6) is -0.797. The van der Waals surface area contributed by atoms with Crippen molar-refractivity contribution in [3.63, 3.8) is 0 Å². The minimum atomic E-state index is -0.455. The van der Waals surface area contributed by atoms with Crippen LogP contribution in [0.3, 0.4) is 0 Å². The van der Waals surface area contributed by atoms with Crippen LogP contribution in [0.15, 0.2) is 30.5 Å². The molecule has 4 nitrogen and oxygen atoms in total. The molecule has 0 radical (unpaired) electrons. The van der Waals surface area contributed by atoms with Crippen LogP contribution in [0.4, 0.5) is 10.1 Å². The first-order chi connectivity index (χ1) is 10.0. The van der Waals surface area contributed by atoms with E-state index in [9.17, 15) is 9.18 Å². The van der Waals surface area contributed by atoms with Crippen molar-refractivity contribution in [2.75, 3.05) is 5.73 Å². The molecule has 2 rings (SSSR count). The van der Waals surface area contributed by atoms with Crippen molar-refractivity contribution in [2.45, 2.75) is 33.4 Å². The number of esters is 1. The Morgan fingerprint density at radius 1 is 1.38 bits per heavy atom. The average Bonchev–Trinajstić information content (AvgIpc) is 2.81. The van der Waals surface area contributed by atoms with Gasteiger partial charge in [-0.05, 0) is 42.7 Å². The molecule has 0 unspecified atom stereocenters. The summed E-state index contributed by atoms with van der Waals surface area (Å²) in [6.07, 6.45) is 2.60. The van der Waals surface area contributed by atoms with Gasteiger partial charge in [0.05, 0.1) is 5.69 Å². The molecule has 1 aromatic heterocycles. The molecule has 1 aromatic carbocycles. The minimum Gasteiger partial charge on any atom is -0.456 e. The lowest BCUT2D eigenvalue weighted by Gasteiger charge is -2.09. The Kier molecular flexibility index (Phi) is 4.62. The van der Waals surface area contributed by atoms with Gasteiger partial charge in [0.15, 0.2) is 0 Å². The van der Waals surface area contributed by atoms with Crippen LogP contribution in [0.25, 0.3) is 0 Å². The molecule has 0 aliphatic carbocycles. The lowest BCUT2D eigenvalue weighted by molar-refractivity contribution is 0.0459. The molecule has 0 bridgehead atoms. The van der Waals surface area contributed by atoms with E-state index in [2.05, 4.69) is 0 Å². The number of carbonyl (C=O) groups excluding carboxylic acids is 1. The third kappa shape index (κ3) is 3.62. The molecule has 2 aromatic rings. The van der Waals surface area contributed by atoms with Gasteiger partial charge in [-0.2, -0.15) is 0 Å². The maximum Gasteiger partial charge on any atom is 0.355 e. The van der Waals surface area contributed by atoms with Crippen molar-refractivity contribution in [1.82, 2.24) is 4.57 Å². The lowest BCUT2D eigenvalue weighted by atomic mass is 10.1. The van der Waals surface area contributed by atoms with Crippen LogP contribution >= 0.6 is 0 Å². The first-order valence-corrected chi connectivity index (χ1v) is 6.89. The molecule has 0 amide bonds. The zero-order valence-electron chi connectivity index (χ0n) is 12.2. The zero-order chi connectivity index (χ0) is 15.4. The molecule has 5 heteroatoms. The van der Waals surface area contributed by atoms with E-state index in [1.165, 1.54) is 12.1 Å². The van der Waals surface area contributed by atoms with Gasteiger partial charge in [0.25, 0.3) is 0 Å². The molecular weight excluding hydrogens is 271 g/mol. The molecule has 0 atom stereocenters. The second kappa shape index (κ2) is 6.43. The molecule has 0 spiro atoms. The molecule has 2 N–H and O–H groups in total. The highest BCUT2D eigenvalue weighted by Gasteiger charge is 2.14. The molecule has 0 aliphatic heterocycles. The Labute approximate surface area is 123 Å². The standard InChI is InChI=1S/C16H19FN2O2/c1-3-6-19-9-14(18)8-15(19)16(20)21-10-12-7-13(17)5-4-11(12)2/h4-5,7-9H,3,6,10,18H2,1-2H3. The van der Waals surface area contributed by atoms with Crippen LogP contribution in [0.2, 0.25) is 0 Å². The quantitative estimate of drug-likeness (QED) is 0.860. The van der Waals surface area contributed by atoms with E-state index < -0.39 is 5.97 Å². The predicted molar refractivity (Wildman–Crippen MR) is 79.4 cm³/mol. The number of hydrogen-bond donors (Lipinski definition) is 1. The SMILES string of the molecule is CCCn1cc(N)cc1C(=O)OCc1cc(F)ccc1C. The second-order valence-corrected chi connectivity index (χ2v) is 5.00. The number of hydrogen-bond acceptors (Lipinski definition) is 3. The summed E-state index contributed by atoms with van der Waals surface area (Å²) in [6.45, 7) is 4.60. The van der Waals surface area contributed by atoms with Crippen LogP contribution in [-0.2, 0) is 17.9 Å². The van der Waals surface area contributed by atoms with Crippen molar-refractivity contribution >= 4 is 11.7 Å². The number of halogens is 1. The maximum atomic E-state index is 13.2. The summed E-state index contributed by atoms with van der Waals surface area (Å²) in [6, 6.07) is 6.02. The van der Waals surface area contributed by atoms with E-state index in [0.29, 0.717) is 23.5 Å². The van der Waals surface area contributed by atoms with Gasteiger partial charge in [-0.15, -0.1) is 0 Å². The highest BCUT2D eigenvalue weighted by molar-refractivity contribution is 5.89. The number of anilines is 1. The molecule has 0 saturated carbocycles. The van der Waals surface area contributed by atoms with Gasteiger partial charge in [0, 0.05) is 12.7 Å². The molecule has 21 heavy (non-hydrogen) atoms. The van der Waals surface area contributed by atoms with Gasteiger partial charge in [0.2, 0.25) is 0 Å². The average molecular weight is 290 g/mol. The lowest BCUT2D eigenvalue weighted by Crippen LogP contribution is -2.12. The van der Waals surface area contributed by atoms with Crippen molar-refractivity contribution in [2.24, 2.45) is 0 Å². The van der Waals surface area contributed by atoms with Crippen molar-refractivity contribution in [1.29, 1.82) is 0 Å². The second-order valence-electron chi connectivity index (χ2n) is 5.00. The van der Waals surface area contributed by atoms with Crippen LogP contribution < -0.4 is 5.73 Å². The van der Waals surface area contributed by atoms with Crippen LogP contribution in [0, 0.1) is 12.7 Å². The van der Waals surface area contributed by atoms with Crippen LogP contribution in [0.1, 0.15) is 35.0 Å². The number of nitrogens with zero attached hydrogens (tertiary/aromatic N) is 1. The summed E-state index contributed by atoms with van der Waals surface area (Å²) < 4.78 is 20.2. The van der Waals surface area contributed by atoms with E-state index in [1.54, 1.807) is 22.9 Å². The van der Waals surface area contributed by atoms with E-state index >= 15 is 0 Å². The fourth-order valence-corrected chi connectivity index (χ4v) is 2.14. The zero-order valence-corrected chi connectivity index (χ0v) is 12.2. The van der Waals surface area contributed by atoms with Crippen LogP contribution in [0.5, 0.6) is 0 Å². The van der Waals surface area contributed by atoms with Crippen molar-refractivity contribution < 1.29 is 13.9 Å². The fourth-order valence-electron chi connectivity index (χ4n) is 2.14. The first-order valence-electron chi connectivity index (χ1n) is 6.89. The number of nitrogens with two attached hydrogens (primary N) is 1. The first kappa shape index (κ1) is 15.1. The van der Waals surface area contributed by atoms with Gasteiger partial charge in [-0.3, -0.25) is 0 Å². The van der Waals surface area contributed by atoms with E-state index in [-0.39, 0.29) is 12.4 Å². The Hall–Kier alpha value is -2.30. The highest BCUT2D eigenvalue weighted by Crippen LogP contribution is 2.15. The maximum absolute atomic E-state index is 13.2. The number of aromatic nitrogens is 1. The predicted octanol–water partition coefficient (Wildman–Crippen LogP) is 3.28. The number of carbonyl (C=O) groups is 1. The van der Waals surface area contributed by atoms with Gasteiger partial charge >= 0.3 is 5.97 Å². The third-order valence-electron chi connectivity index (χ3n) is 3.26. The smallest absolute Gasteiger partial charge is 0.355 e. The molecule has 0 saturated heterocycles. The monoisotopic (exact) mass is 290 g/mol. The number of aryl methyl sites for hydroxylation is 2. The molecule has 1 heterocycles. The van der Waals surface area contributed by atoms with E-state index in [0.717, 1.165) is 12.0 Å². The molecule has 0 aliphatic rings. The van der Waals surface area contributed by atoms with Crippen LogP contribution in [-0.4, -0.2) is 10.5 Å². The number of rotatable bonds is 5. The number of ether oxygens (including phenoxy) is 1. The van der Waals surface area contributed by atoms with Gasteiger partial charge in [-0.25, -0.2) is 9.18 Å². The summed E-state index contributed by atoms with van der Waals surface area (Å²) in [7, 11) is 0. The van der Waals surface area contributed by atoms with Crippen molar-refractivity contribution in [3.8, 4) is 0 Å². The molecule has 112 valence electrons. The minimum absolute atomic E-state index is 0.0413. The Morgan fingerprint density at radius 2 is 2.14 bits per heavy atom. The summed E-state index contributed by atoms with van der Waals surface area (Å²) in [5.41, 5.74) is 8.21. The Morgan fingerprint density at radius 3 is 2.86 bits per heavy atom. The topological polar surface area (TPSA) is 57.2 Å².